The second kappa shape index (κ2) is 8.19. The van der Waals surface area contributed by atoms with Crippen LogP contribution in [0.2, 0.25) is 0 Å². The molecule has 1 aliphatic heterocycles. The van der Waals surface area contributed by atoms with Gasteiger partial charge >= 0.3 is 6.18 Å². The normalized spacial score (nSPS) is 14.1. The molecular formula is C23H19F3N6O. The number of pyridine rings is 1. The molecule has 10 heteroatoms. The number of carbonyl (C=O) groups is 1. The molecular weight excluding hydrogens is 433 g/mol. The van der Waals surface area contributed by atoms with Gasteiger partial charge in [-0.3, -0.25) is 4.79 Å². The Bertz CT molecular complexity index is 1330. The van der Waals surface area contributed by atoms with E-state index in [1.165, 1.54) is 35.0 Å². The van der Waals surface area contributed by atoms with Crippen molar-refractivity contribution in [3.8, 4) is 11.3 Å². The molecule has 1 fully saturated rings. The van der Waals surface area contributed by atoms with Crippen molar-refractivity contribution in [1.82, 2.24) is 19.6 Å². The van der Waals surface area contributed by atoms with Crippen LogP contribution in [0.15, 0.2) is 60.9 Å². The monoisotopic (exact) mass is 452 g/mol. The summed E-state index contributed by atoms with van der Waals surface area (Å²) in [5, 5.41) is 7.08. The summed E-state index contributed by atoms with van der Waals surface area (Å²) in [6.45, 7) is 1.80. The second-order valence-electron chi connectivity index (χ2n) is 7.73. The lowest BCUT2D eigenvalue weighted by Gasteiger charge is -2.16. The quantitative estimate of drug-likeness (QED) is 0.487. The maximum absolute atomic E-state index is 13.5. The van der Waals surface area contributed by atoms with Gasteiger partial charge < -0.3 is 10.2 Å². The number of nitrogens with one attached hydrogen (secondary N) is 1. The topological polar surface area (TPSA) is 75.4 Å². The van der Waals surface area contributed by atoms with Crippen LogP contribution in [-0.2, 0) is 6.18 Å². The zero-order chi connectivity index (χ0) is 23.0. The summed E-state index contributed by atoms with van der Waals surface area (Å²) in [5.41, 5.74) is 0.0895. The molecule has 1 aliphatic rings. The number of benzene rings is 1. The van der Waals surface area contributed by atoms with Crippen LogP contribution in [0.25, 0.3) is 16.9 Å². The number of hydrogen-bond donors (Lipinski definition) is 1. The molecule has 0 unspecified atom stereocenters. The van der Waals surface area contributed by atoms with E-state index in [1.54, 1.807) is 24.4 Å². The van der Waals surface area contributed by atoms with Crippen LogP contribution in [0.1, 0.15) is 28.8 Å². The van der Waals surface area contributed by atoms with Gasteiger partial charge in [-0.15, -0.1) is 0 Å². The SMILES string of the molecule is O=C(Nc1cnc2ccc(-c3ccccc3C(F)(F)F)nn12)c1ccnc(N2CCCC2)c1. The molecule has 7 nitrogen and oxygen atoms in total. The predicted molar refractivity (Wildman–Crippen MR) is 117 cm³/mol. The van der Waals surface area contributed by atoms with Gasteiger partial charge in [0.25, 0.3) is 5.91 Å². The Morgan fingerprint density at radius 2 is 1.79 bits per heavy atom. The van der Waals surface area contributed by atoms with Gasteiger partial charge in [0.15, 0.2) is 11.5 Å². The number of hydrogen-bond acceptors (Lipinski definition) is 5. The van der Waals surface area contributed by atoms with Crippen molar-refractivity contribution in [2.75, 3.05) is 23.3 Å². The van der Waals surface area contributed by atoms with Crippen molar-refractivity contribution in [2.45, 2.75) is 19.0 Å². The van der Waals surface area contributed by atoms with Crippen LogP contribution >= 0.6 is 0 Å². The Kier molecular flexibility index (Phi) is 5.20. The zero-order valence-electron chi connectivity index (χ0n) is 17.4. The highest BCUT2D eigenvalue weighted by atomic mass is 19.4. The van der Waals surface area contributed by atoms with Crippen molar-refractivity contribution in [1.29, 1.82) is 0 Å². The molecule has 33 heavy (non-hydrogen) atoms. The summed E-state index contributed by atoms with van der Waals surface area (Å²) in [6.07, 6.45) is 0.661. The highest BCUT2D eigenvalue weighted by molar-refractivity contribution is 6.04. The van der Waals surface area contributed by atoms with Gasteiger partial charge in [-0.05, 0) is 43.2 Å². The predicted octanol–water partition coefficient (Wildman–Crippen LogP) is 4.66. The molecule has 1 saturated heterocycles. The molecule has 5 rings (SSSR count). The van der Waals surface area contributed by atoms with Gasteiger partial charge in [-0.1, -0.05) is 18.2 Å². The van der Waals surface area contributed by atoms with Gasteiger partial charge in [0.1, 0.15) is 5.82 Å². The van der Waals surface area contributed by atoms with Gasteiger partial charge in [-0.2, -0.15) is 22.8 Å². The Morgan fingerprint density at radius 1 is 1.00 bits per heavy atom. The van der Waals surface area contributed by atoms with Crippen molar-refractivity contribution in [2.24, 2.45) is 0 Å². The third kappa shape index (κ3) is 4.11. The lowest BCUT2D eigenvalue weighted by Crippen LogP contribution is -2.20. The third-order valence-corrected chi connectivity index (χ3v) is 5.55. The summed E-state index contributed by atoms with van der Waals surface area (Å²) in [4.78, 5) is 23.6. The minimum Gasteiger partial charge on any atom is -0.357 e. The molecule has 4 aromatic rings. The highest BCUT2D eigenvalue weighted by Crippen LogP contribution is 2.36. The Balaban J connectivity index is 1.46. The number of aromatic nitrogens is 4. The number of carbonyl (C=O) groups excluding carboxylic acids is 1. The molecule has 1 amide bonds. The third-order valence-electron chi connectivity index (χ3n) is 5.55. The average molecular weight is 452 g/mol. The molecule has 0 saturated carbocycles. The van der Waals surface area contributed by atoms with E-state index >= 15 is 0 Å². The van der Waals surface area contributed by atoms with Crippen LogP contribution in [0.4, 0.5) is 24.8 Å². The Labute approximate surface area is 186 Å². The molecule has 4 heterocycles. The van der Waals surface area contributed by atoms with E-state index in [4.69, 9.17) is 0 Å². The molecule has 0 aliphatic carbocycles. The number of fused-ring (bicyclic) bond motifs is 1. The van der Waals surface area contributed by atoms with E-state index in [-0.39, 0.29) is 23.0 Å². The first kappa shape index (κ1) is 20.9. The minimum atomic E-state index is -4.52. The van der Waals surface area contributed by atoms with Gasteiger partial charge in [0.2, 0.25) is 0 Å². The largest absolute Gasteiger partial charge is 0.417 e. The fourth-order valence-electron chi connectivity index (χ4n) is 3.92. The maximum Gasteiger partial charge on any atom is 0.417 e. The Hall–Kier alpha value is -3.95. The van der Waals surface area contributed by atoms with E-state index in [2.05, 4.69) is 25.3 Å². The number of imidazole rings is 1. The molecule has 3 aromatic heterocycles. The van der Waals surface area contributed by atoms with Crippen LogP contribution in [0, 0.1) is 0 Å². The van der Waals surface area contributed by atoms with E-state index in [0.717, 1.165) is 37.8 Å². The van der Waals surface area contributed by atoms with E-state index in [9.17, 15) is 18.0 Å². The van der Waals surface area contributed by atoms with Crippen molar-refractivity contribution < 1.29 is 18.0 Å². The summed E-state index contributed by atoms with van der Waals surface area (Å²) in [7, 11) is 0. The minimum absolute atomic E-state index is 0.0535. The fraction of sp³-hybridized carbons (Fsp3) is 0.217. The first-order valence-electron chi connectivity index (χ1n) is 10.4. The lowest BCUT2D eigenvalue weighted by molar-refractivity contribution is -0.137. The van der Waals surface area contributed by atoms with Gasteiger partial charge in [-0.25, -0.2) is 9.97 Å². The highest BCUT2D eigenvalue weighted by Gasteiger charge is 2.33. The average Bonchev–Trinajstić information content (AvgIpc) is 3.49. The second-order valence-corrected chi connectivity index (χ2v) is 7.73. The molecule has 1 aromatic carbocycles. The molecule has 168 valence electrons. The van der Waals surface area contributed by atoms with Crippen LogP contribution < -0.4 is 10.2 Å². The van der Waals surface area contributed by atoms with Crippen LogP contribution in [0.3, 0.4) is 0 Å². The smallest absolute Gasteiger partial charge is 0.357 e. The summed E-state index contributed by atoms with van der Waals surface area (Å²) >= 11 is 0. The Morgan fingerprint density at radius 3 is 2.58 bits per heavy atom. The zero-order valence-corrected chi connectivity index (χ0v) is 17.4. The van der Waals surface area contributed by atoms with E-state index < -0.39 is 11.7 Å². The number of anilines is 2. The van der Waals surface area contributed by atoms with Crippen molar-refractivity contribution >= 4 is 23.2 Å². The fourth-order valence-corrected chi connectivity index (χ4v) is 3.92. The van der Waals surface area contributed by atoms with Crippen LogP contribution in [0.5, 0.6) is 0 Å². The molecule has 0 atom stereocenters. The van der Waals surface area contributed by atoms with Crippen molar-refractivity contribution in [3.63, 3.8) is 0 Å². The first-order chi connectivity index (χ1) is 15.9. The number of halogens is 3. The van der Waals surface area contributed by atoms with Crippen molar-refractivity contribution in [3.05, 3.63) is 72.1 Å². The molecule has 0 bridgehead atoms. The molecule has 0 radical (unpaired) electrons. The standard InChI is InChI=1S/C23H19F3N6O/c24-23(25,26)17-6-2-1-5-16(17)18-7-8-19-28-14-21(32(19)30-18)29-22(33)15-9-10-27-20(13-15)31-11-3-4-12-31/h1-2,5-10,13-14H,3-4,11-12H2,(H,29,33). The number of rotatable bonds is 4. The van der Waals surface area contributed by atoms with Gasteiger partial charge in [0.05, 0.1) is 17.5 Å². The van der Waals surface area contributed by atoms with E-state index in [1.807, 2.05) is 0 Å². The summed E-state index contributed by atoms with van der Waals surface area (Å²) in [6, 6.07) is 11.6. The maximum atomic E-state index is 13.5. The van der Waals surface area contributed by atoms with Gasteiger partial charge in [0, 0.05) is 30.4 Å². The summed E-state index contributed by atoms with van der Waals surface area (Å²) in [5.74, 6) is 0.603. The number of nitrogens with zero attached hydrogens (tertiary/aromatic N) is 5. The molecule has 0 spiro atoms. The van der Waals surface area contributed by atoms with Crippen LogP contribution in [-0.4, -0.2) is 38.6 Å². The number of alkyl halides is 3. The lowest BCUT2D eigenvalue weighted by atomic mass is 10.0. The number of amides is 1. The molecule has 1 N–H and O–H groups in total. The summed E-state index contributed by atoms with van der Waals surface area (Å²) < 4.78 is 41.7. The first-order valence-corrected chi connectivity index (χ1v) is 10.4. The van der Waals surface area contributed by atoms with E-state index in [0.29, 0.717) is 11.2 Å².